The standard InChI is InChI=1S/C14H11ClN2O2/c15-11-7-10(16)6-5-9(11)8-17-12-3-1-2-4-13(12)19-14(17)18/h1-7H,8,16H2. The summed E-state index contributed by atoms with van der Waals surface area (Å²) in [6, 6.07) is 12.5. The van der Waals surface area contributed by atoms with Gasteiger partial charge in [-0.15, -0.1) is 0 Å². The van der Waals surface area contributed by atoms with Crippen LogP contribution in [0.25, 0.3) is 11.1 Å². The number of fused-ring (bicyclic) bond motifs is 1. The summed E-state index contributed by atoms with van der Waals surface area (Å²) in [5.74, 6) is -0.394. The Morgan fingerprint density at radius 3 is 2.79 bits per heavy atom. The number of nitrogens with zero attached hydrogens (tertiary/aromatic N) is 1. The minimum absolute atomic E-state index is 0.356. The zero-order valence-corrected chi connectivity index (χ0v) is 10.7. The summed E-state index contributed by atoms with van der Waals surface area (Å²) in [6.07, 6.45) is 0. The molecule has 0 aliphatic heterocycles. The molecule has 0 spiro atoms. The zero-order valence-electron chi connectivity index (χ0n) is 9.97. The van der Waals surface area contributed by atoms with Crippen LogP contribution in [0.2, 0.25) is 5.02 Å². The van der Waals surface area contributed by atoms with E-state index in [1.165, 1.54) is 0 Å². The topological polar surface area (TPSA) is 61.2 Å². The summed E-state index contributed by atoms with van der Waals surface area (Å²) >= 11 is 6.12. The van der Waals surface area contributed by atoms with Gasteiger partial charge in [-0.2, -0.15) is 0 Å². The van der Waals surface area contributed by atoms with Gasteiger partial charge in [0.05, 0.1) is 12.1 Å². The van der Waals surface area contributed by atoms with Gasteiger partial charge in [-0.3, -0.25) is 4.57 Å². The van der Waals surface area contributed by atoms with E-state index in [0.29, 0.717) is 22.8 Å². The Morgan fingerprint density at radius 2 is 2.00 bits per heavy atom. The molecule has 0 saturated carbocycles. The smallest absolute Gasteiger partial charge is 0.408 e. The van der Waals surface area contributed by atoms with Gasteiger partial charge in [-0.05, 0) is 29.8 Å². The summed E-state index contributed by atoms with van der Waals surface area (Å²) in [4.78, 5) is 11.8. The lowest BCUT2D eigenvalue weighted by atomic mass is 10.2. The van der Waals surface area contributed by atoms with Crippen LogP contribution in [0.4, 0.5) is 5.69 Å². The first-order chi connectivity index (χ1) is 9.15. The first kappa shape index (κ1) is 11.9. The Balaban J connectivity index is 2.10. The highest BCUT2D eigenvalue weighted by Gasteiger charge is 2.10. The predicted molar refractivity (Wildman–Crippen MR) is 75.4 cm³/mol. The average molecular weight is 275 g/mol. The van der Waals surface area contributed by atoms with Gasteiger partial charge in [0.15, 0.2) is 5.58 Å². The van der Waals surface area contributed by atoms with Gasteiger partial charge >= 0.3 is 5.76 Å². The van der Waals surface area contributed by atoms with Crippen molar-refractivity contribution in [1.29, 1.82) is 0 Å². The normalized spacial score (nSPS) is 11.0. The van der Waals surface area contributed by atoms with E-state index in [2.05, 4.69) is 0 Å². The second-order valence-electron chi connectivity index (χ2n) is 4.27. The molecule has 4 nitrogen and oxygen atoms in total. The van der Waals surface area contributed by atoms with E-state index in [9.17, 15) is 4.79 Å². The quantitative estimate of drug-likeness (QED) is 0.731. The van der Waals surface area contributed by atoms with Gasteiger partial charge in [-0.1, -0.05) is 29.8 Å². The second kappa shape index (κ2) is 4.48. The molecule has 1 heterocycles. The third kappa shape index (κ3) is 2.11. The van der Waals surface area contributed by atoms with Crippen molar-refractivity contribution < 1.29 is 4.42 Å². The van der Waals surface area contributed by atoms with E-state index in [1.807, 2.05) is 24.3 Å². The van der Waals surface area contributed by atoms with E-state index in [4.69, 9.17) is 21.8 Å². The predicted octanol–water partition coefficient (Wildman–Crippen LogP) is 2.88. The average Bonchev–Trinajstić information content (AvgIpc) is 2.69. The molecular weight excluding hydrogens is 264 g/mol. The van der Waals surface area contributed by atoms with Crippen molar-refractivity contribution >= 4 is 28.4 Å². The molecule has 2 aromatic carbocycles. The first-order valence-corrected chi connectivity index (χ1v) is 6.15. The number of nitrogen functional groups attached to an aromatic ring is 1. The van der Waals surface area contributed by atoms with Crippen molar-refractivity contribution in [2.75, 3.05) is 5.73 Å². The van der Waals surface area contributed by atoms with E-state index < -0.39 is 5.76 Å². The van der Waals surface area contributed by atoms with Gasteiger partial charge in [0.2, 0.25) is 0 Å². The van der Waals surface area contributed by atoms with Crippen LogP contribution in [0, 0.1) is 0 Å². The van der Waals surface area contributed by atoms with Crippen molar-refractivity contribution in [2.45, 2.75) is 6.54 Å². The first-order valence-electron chi connectivity index (χ1n) is 5.77. The fourth-order valence-corrected chi connectivity index (χ4v) is 2.27. The molecular formula is C14H11ClN2O2. The molecule has 2 N–H and O–H groups in total. The molecule has 0 atom stereocenters. The molecule has 3 rings (SSSR count). The van der Waals surface area contributed by atoms with Gasteiger partial charge in [0, 0.05) is 10.7 Å². The van der Waals surface area contributed by atoms with Crippen LogP contribution in [-0.2, 0) is 6.54 Å². The number of anilines is 1. The number of hydrogen-bond donors (Lipinski definition) is 1. The van der Waals surface area contributed by atoms with Gasteiger partial charge in [-0.25, -0.2) is 4.79 Å². The van der Waals surface area contributed by atoms with Gasteiger partial charge < -0.3 is 10.2 Å². The molecule has 5 heteroatoms. The molecule has 0 radical (unpaired) electrons. The minimum atomic E-state index is -0.394. The number of hydrogen-bond acceptors (Lipinski definition) is 3. The highest BCUT2D eigenvalue weighted by atomic mass is 35.5. The highest BCUT2D eigenvalue weighted by molar-refractivity contribution is 6.31. The van der Waals surface area contributed by atoms with Crippen LogP contribution in [0.15, 0.2) is 51.7 Å². The number of para-hydroxylation sites is 2. The number of rotatable bonds is 2. The van der Waals surface area contributed by atoms with Crippen molar-refractivity contribution in [2.24, 2.45) is 0 Å². The largest absolute Gasteiger partial charge is 0.420 e. The van der Waals surface area contributed by atoms with Crippen LogP contribution in [0.5, 0.6) is 0 Å². The van der Waals surface area contributed by atoms with Crippen LogP contribution < -0.4 is 11.5 Å². The fourth-order valence-electron chi connectivity index (χ4n) is 2.03. The maximum atomic E-state index is 11.8. The van der Waals surface area contributed by atoms with E-state index >= 15 is 0 Å². The molecule has 0 saturated heterocycles. The number of benzene rings is 2. The molecule has 19 heavy (non-hydrogen) atoms. The summed E-state index contributed by atoms with van der Waals surface area (Å²) in [6.45, 7) is 0.356. The Hall–Kier alpha value is -2.20. The van der Waals surface area contributed by atoms with Crippen molar-refractivity contribution in [1.82, 2.24) is 4.57 Å². The zero-order chi connectivity index (χ0) is 13.4. The molecule has 0 amide bonds. The lowest BCUT2D eigenvalue weighted by Gasteiger charge is -2.06. The van der Waals surface area contributed by atoms with Crippen LogP contribution in [-0.4, -0.2) is 4.57 Å². The Morgan fingerprint density at radius 1 is 1.21 bits per heavy atom. The number of aromatic nitrogens is 1. The minimum Gasteiger partial charge on any atom is -0.408 e. The number of oxazole rings is 1. The Kier molecular flexibility index (Phi) is 2.80. The monoisotopic (exact) mass is 274 g/mol. The van der Waals surface area contributed by atoms with Gasteiger partial charge in [0.25, 0.3) is 0 Å². The summed E-state index contributed by atoms with van der Waals surface area (Å²) in [5.41, 5.74) is 8.39. The lowest BCUT2D eigenvalue weighted by Crippen LogP contribution is -2.15. The molecule has 0 aliphatic carbocycles. The molecule has 0 aliphatic rings. The molecule has 0 unspecified atom stereocenters. The van der Waals surface area contributed by atoms with E-state index in [0.717, 1.165) is 11.1 Å². The third-order valence-corrected chi connectivity index (χ3v) is 3.33. The maximum absolute atomic E-state index is 11.8. The third-order valence-electron chi connectivity index (χ3n) is 2.98. The van der Waals surface area contributed by atoms with E-state index in [-0.39, 0.29) is 0 Å². The fraction of sp³-hybridized carbons (Fsp3) is 0.0714. The second-order valence-corrected chi connectivity index (χ2v) is 4.68. The van der Waals surface area contributed by atoms with Crippen molar-refractivity contribution in [3.8, 4) is 0 Å². The Bertz CT molecular complexity index is 805. The molecule has 0 fully saturated rings. The van der Waals surface area contributed by atoms with E-state index in [1.54, 1.807) is 22.8 Å². The number of nitrogens with two attached hydrogens (primary N) is 1. The van der Waals surface area contributed by atoms with Gasteiger partial charge in [0.1, 0.15) is 0 Å². The van der Waals surface area contributed by atoms with Crippen molar-refractivity contribution in [3.63, 3.8) is 0 Å². The molecule has 0 bridgehead atoms. The highest BCUT2D eigenvalue weighted by Crippen LogP contribution is 2.21. The van der Waals surface area contributed by atoms with Crippen molar-refractivity contribution in [3.05, 3.63) is 63.6 Å². The van der Waals surface area contributed by atoms with Crippen LogP contribution in [0.1, 0.15) is 5.56 Å². The van der Waals surface area contributed by atoms with Crippen LogP contribution in [0.3, 0.4) is 0 Å². The summed E-state index contributed by atoms with van der Waals surface area (Å²) < 4.78 is 6.72. The summed E-state index contributed by atoms with van der Waals surface area (Å²) in [5, 5.41) is 0.539. The number of halogens is 1. The Labute approximate surface area is 114 Å². The molecule has 3 aromatic rings. The lowest BCUT2D eigenvalue weighted by molar-refractivity contribution is 0.518. The molecule has 1 aromatic heterocycles. The SMILES string of the molecule is Nc1ccc(Cn2c(=O)oc3ccccc32)c(Cl)c1. The summed E-state index contributed by atoms with van der Waals surface area (Å²) in [7, 11) is 0. The maximum Gasteiger partial charge on any atom is 0.420 e. The van der Waals surface area contributed by atoms with Crippen LogP contribution >= 0.6 is 11.6 Å². The molecule has 96 valence electrons.